The lowest BCUT2D eigenvalue weighted by atomic mass is 10.2. The van der Waals surface area contributed by atoms with E-state index in [1.54, 1.807) is 48.5 Å². The van der Waals surface area contributed by atoms with Crippen molar-refractivity contribution in [3.8, 4) is 11.5 Å². The Labute approximate surface area is 181 Å². The molecule has 0 aliphatic rings. The lowest BCUT2D eigenvalue weighted by Gasteiger charge is -2.22. The van der Waals surface area contributed by atoms with Gasteiger partial charge in [-0.1, -0.05) is 48.0 Å². The van der Waals surface area contributed by atoms with Crippen molar-refractivity contribution in [3.05, 3.63) is 83.4 Å². The molecule has 30 heavy (non-hydrogen) atoms. The number of hydrogen-bond acceptors (Lipinski definition) is 4. The Balaban J connectivity index is 1.80. The summed E-state index contributed by atoms with van der Waals surface area (Å²) in [5, 5.41) is 3.15. The molecule has 8 heteroatoms. The normalized spacial score (nSPS) is 11.0. The van der Waals surface area contributed by atoms with E-state index >= 15 is 0 Å². The molecule has 0 fully saturated rings. The van der Waals surface area contributed by atoms with Gasteiger partial charge < -0.3 is 10.1 Å². The van der Waals surface area contributed by atoms with E-state index in [0.29, 0.717) is 27.9 Å². The third kappa shape index (κ3) is 5.52. The fourth-order valence-corrected chi connectivity index (χ4v) is 3.75. The van der Waals surface area contributed by atoms with E-state index in [1.165, 1.54) is 6.07 Å². The number of anilines is 2. The number of amides is 1. The zero-order valence-electron chi connectivity index (χ0n) is 16.5. The van der Waals surface area contributed by atoms with Gasteiger partial charge in [0.2, 0.25) is 15.9 Å². The number of rotatable bonds is 7. The van der Waals surface area contributed by atoms with Crippen molar-refractivity contribution in [1.82, 2.24) is 0 Å². The van der Waals surface area contributed by atoms with Crippen LogP contribution in [0.4, 0.5) is 11.4 Å². The number of hydrogen-bond donors (Lipinski definition) is 1. The molecule has 0 aliphatic carbocycles. The minimum atomic E-state index is -3.71. The monoisotopic (exact) mass is 444 g/mol. The summed E-state index contributed by atoms with van der Waals surface area (Å²) >= 11 is 6.13. The van der Waals surface area contributed by atoms with Gasteiger partial charge in [-0.3, -0.25) is 9.10 Å². The molecule has 6 nitrogen and oxygen atoms in total. The number of aryl methyl sites for hydroxylation is 1. The second kappa shape index (κ2) is 9.19. The largest absolute Gasteiger partial charge is 0.455 e. The van der Waals surface area contributed by atoms with E-state index in [2.05, 4.69) is 5.32 Å². The second-order valence-corrected chi connectivity index (χ2v) is 8.98. The van der Waals surface area contributed by atoms with Crippen LogP contribution in [0, 0.1) is 6.92 Å². The van der Waals surface area contributed by atoms with Crippen LogP contribution in [0.15, 0.2) is 72.8 Å². The van der Waals surface area contributed by atoms with Gasteiger partial charge in [0.1, 0.15) is 12.3 Å². The van der Waals surface area contributed by atoms with Crippen LogP contribution < -0.4 is 14.4 Å². The number of sulfonamides is 1. The van der Waals surface area contributed by atoms with Gasteiger partial charge in [-0.15, -0.1) is 0 Å². The van der Waals surface area contributed by atoms with E-state index in [0.717, 1.165) is 16.1 Å². The predicted molar refractivity (Wildman–Crippen MR) is 120 cm³/mol. The summed E-state index contributed by atoms with van der Waals surface area (Å²) in [7, 11) is -3.71. The molecule has 0 spiro atoms. The Kier molecular flexibility index (Phi) is 6.64. The molecule has 0 unspecified atom stereocenters. The summed E-state index contributed by atoms with van der Waals surface area (Å²) in [6.45, 7) is 1.41. The zero-order chi connectivity index (χ0) is 21.7. The Bertz CT molecular complexity index is 1150. The van der Waals surface area contributed by atoms with Crippen molar-refractivity contribution < 1.29 is 17.9 Å². The molecule has 0 bridgehead atoms. The molecular weight excluding hydrogens is 424 g/mol. The highest BCUT2D eigenvalue weighted by Gasteiger charge is 2.22. The quantitative estimate of drug-likeness (QED) is 0.565. The van der Waals surface area contributed by atoms with Crippen LogP contribution in [-0.2, 0) is 14.8 Å². The van der Waals surface area contributed by atoms with Gasteiger partial charge in [-0.25, -0.2) is 8.42 Å². The average Bonchev–Trinajstić information content (AvgIpc) is 2.70. The highest BCUT2D eigenvalue weighted by Crippen LogP contribution is 2.29. The molecule has 0 radical (unpaired) electrons. The van der Waals surface area contributed by atoms with Crippen molar-refractivity contribution >= 4 is 38.9 Å². The number of carbonyl (C=O) groups excluding carboxylic acids is 1. The van der Waals surface area contributed by atoms with Crippen molar-refractivity contribution in [3.63, 3.8) is 0 Å². The van der Waals surface area contributed by atoms with Gasteiger partial charge in [-0.05, 0) is 48.9 Å². The molecule has 3 aromatic rings. The number of benzene rings is 3. The Morgan fingerprint density at radius 3 is 2.37 bits per heavy atom. The van der Waals surface area contributed by atoms with Gasteiger partial charge in [0.05, 0.1) is 17.6 Å². The summed E-state index contributed by atoms with van der Waals surface area (Å²) in [6, 6.07) is 20.9. The van der Waals surface area contributed by atoms with Crippen LogP contribution in [0.25, 0.3) is 0 Å². The summed E-state index contributed by atoms with van der Waals surface area (Å²) < 4.78 is 31.4. The van der Waals surface area contributed by atoms with Crippen LogP contribution in [0.5, 0.6) is 11.5 Å². The third-order valence-corrected chi connectivity index (χ3v) is 5.81. The van der Waals surface area contributed by atoms with Crippen LogP contribution in [-0.4, -0.2) is 27.1 Å². The lowest BCUT2D eigenvalue weighted by Crippen LogP contribution is -2.37. The van der Waals surface area contributed by atoms with E-state index < -0.39 is 22.5 Å². The molecule has 1 N–H and O–H groups in total. The standard InChI is InChI=1S/C22H21ClN2O4S/c1-16-12-13-17(14-19(16)23)25(30(2,27)28)15-22(26)24-20-10-6-7-11-21(20)29-18-8-4-3-5-9-18/h3-14H,15H2,1-2H3,(H,24,26). The fourth-order valence-electron chi connectivity index (χ4n) is 2.73. The first-order valence-electron chi connectivity index (χ1n) is 9.09. The van der Waals surface area contributed by atoms with Crippen molar-refractivity contribution in [2.24, 2.45) is 0 Å². The molecule has 156 valence electrons. The third-order valence-electron chi connectivity index (χ3n) is 4.26. The lowest BCUT2D eigenvalue weighted by molar-refractivity contribution is -0.114. The highest BCUT2D eigenvalue weighted by molar-refractivity contribution is 7.92. The maximum atomic E-state index is 12.7. The molecule has 0 aromatic heterocycles. The van der Waals surface area contributed by atoms with Crippen LogP contribution in [0.1, 0.15) is 5.56 Å². The summed E-state index contributed by atoms with van der Waals surface area (Å²) in [5.74, 6) is 0.550. The van der Waals surface area contributed by atoms with Gasteiger partial charge in [-0.2, -0.15) is 0 Å². The van der Waals surface area contributed by atoms with Crippen LogP contribution in [0.2, 0.25) is 5.02 Å². The number of halogens is 1. The number of nitrogens with one attached hydrogen (secondary N) is 1. The first-order chi connectivity index (χ1) is 14.2. The Hall–Kier alpha value is -3.03. The summed E-state index contributed by atoms with van der Waals surface area (Å²) in [6.07, 6.45) is 1.04. The minimum absolute atomic E-state index is 0.317. The molecule has 3 aromatic carbocycles. The van der Waals surface area contributed by atoms with Gasteiger partial charge in [0.25, 0.3) is 0 Å². The smallest absolute Gasteiger partial charge is 0.245 e. The fraction of sp³-hybridized carbons (Fsp3) is 0.136. The molecule has 3 rings (SSSR count). The van der Waals surface area contributed by atoms with Crippen LogP contribution in [0.3, 0.4) is 0 Å². The molecule has 0 aliphatic heterocycles. The maximum absolute atomic E-state index is 12.7. The first-order valence-corrected chi connectivity index (χ1v) is 11.3. The number of para-hydroxylation sites is 3. The van der Waals surface area contributed by atoms with Gasteiger partial charge in [0, 0.05) is 5.02 Å². The van der Waals surface area contributed by atoms with Crippen molar-refractivity contribution in [1.29, 1.82) is 0 Å². The van der Waals surface area contributed by atoms with E-state index in [4.69, 9.17) is 16.3 Å². The molecule has 0 atom stereocenters. The molecule has 0 saturated heterocycles. The molecule has 0 saturated carbocycles. The molecular formula is C22H21ClN2O4S. The number of ether oxygens (including phenoxy) is 1. The van der Waals surface area contributed by atoms with E-state index in [-0.39, 0.29) is 0 Å². The first kappa shape index (κ1) is 21.7. The van der Waals surface area contributed by atoms with Crippen LogP contribution >= 0.6 is 11.6 Å². The highest BCUT2D eigenvalue weighted by atomic mass is 35.5. The van der Waals surface area contributed by atoms with E-state index in [9.17, 15) is 13.2 Å². The number of carbonyl (C=O) groups is 1. The van der Waals surface area contributed by atoms with Gasteiger partial charge in [0.15, 0.2) is 5.75 Å². The minimum Gasteiger partial charge on any atom is -0.455 e. The SMILES string of the molecule is Cc1ccc(N(CC(=O)Nc2ccccc2Oc2ccccc2)S(C)(=O)=O)cc1Cl. The Morgan fingerprint density at radius 2 is 1.70 bits per heavy atom. The molecule has 1 amide bonds. The van der Waals surface area contributed by atoms with Crippen molar-refractivity contribution in [2.45, 2.75) is 6.92 Å². The summed E-state index contributed by atoms with van der Waals surface area (Å²) in [5.41, 5.74) is 1.56. The topological polar surface area (TPSA) is 75.7 Å². The summed E-state index contributed by atoms with van der Waals surface area (Å²) in [4.78, 5) is 12.7. The van der Waals surface area contributed by atoms with Gasteiger partial charge >= 0.3 is 0 Å². The maximum Gasteiger partial charge on any atom is 0.245 e. The van der Waals surface area contributed by atoms with Crippen molar-refractivity contribution in [2.75, 3.05) is 22.4 Å². The zero-order valence-corrected chi connectivity index (χ0v) is 18.1. The van der Waals surface area contributed by atoms with E-state index in [1.807, 2.05) is 25.1 Å². The number of nitrogens with zero attached hydrogens (tertiary/aromatic N) is 1. The Morgan fingerprint density at radius 1 is 1.03 bits per heavy atom. The predicted octanol–water partition coefficient (Wildman–Crippen LogP) is 4.85. The molecule has 0 heterocycles. The second-order valence-electron chi connectivity index (χ2n) is 6.66. The average molecular weight is 445 g/mol.